The Morgan fingerprint density at radius 3 is 2.66 bits per heavy atom. The van der Waals surface area contributed by atoms with Crippen LogP contribution >= 0.6 is 23.1 Å². The molecule has 0 bridgehead atoms. The van der Waals surface area contributed by atoms with E-state index in [1.807, 2.05) is 0 Å². The molecule has 1 aromatic heterocycles. The summed E-state index contributed by atoms with van der Waals surface area (Å²) >= 11 is 7.53. The first kappa shape index (κ1) is 22.2. The zero-order valence-corrected chi connectivity index (χ0v) is 19.1. The molecule has 10 heteroatoms. The van der Waals surface area contributed by atoms with Crippen molar-refractivity contribution in [1.29, 1.82) is 0 Å². The lowest BCUT2D eigenvalue weighted by molar-refractivity contribution is -0.384. The quantitative estimate of drug-likeness (QED) is 0.405. The summed E-state index contributed by atoms with van der Waals surface area (Å²) in [6.45, 7) is 4.56. The normalized spacial score (nSPS) is 14.3. The molecule has 0 saturated carbocycles. The molecule has 0 aliphatic carbocycles. The Labute approximate surface area is 194 Å². The first-order chi connectivity index (χ1) is 15.4. The number of hydrogen-bond donors (Lipinski definition) is 0. The van der Waals surface area contributed by atoms with Gasteiger partial charge in [-0.3, -0.25) is 14.9 Å². The van der Waals surface area contributed by atoms with Crippen molar-refractivity contribution in [2.24, 2.45) is 0 Å². The lowest BCUT2D eigenvalue weighted by Gasteiger charge is -2.22. The summed E-state index contributed by atoms with van der Waals surface area (Å²) < 4.78 is 4.51. The molecule has 32 heavy (non-hydrogen) atoms. The van der Waals surface area contributed by atoms with Gasteiger partial charge in [-0.25, -0.2) is 4.98 Å². The Morgan fingerprint density at radius 1 is 1.16 bits per heavy atom. The third-order valence-electron chi connectivity index (χ3n) is 5.39. The summed E-state index contributed by atoms with van der Waals surface area (Å²) in [6.07, 6.45) is 1.47. The van der Waals surface area contributed by atoms with E-state index in [2.05, 4.69) is 40.5 Å². The molecule has 2 heterocycles. The molecule has 4 rings (SSSR count). The first-order valence-corrected chi connectivity index (χ1v) is 11.4. The number of aryl methyl sites for hydroxylation is 1. The Hall–Kier alpha value is -3.04. The fraction of sp³-hybridized carbons (Fsp3) is 0.318. The number of nitrogens with zero attached hydrogens (tertiary/aromatic N) is 5. The molecule has 8 nitrogen and oxygen atoms in total. The van der Waals surface area contributed by atoms with E-state index in [4.69, 9.17) is 16.6 Å². The molecule has 166 valence electrons. The number of halogens is 1. The third kappa shape index (κ3) is 5.05. The van der Waals surface area contributed by atoms with E-state index < -0.39 is 4.92 Å². The van der Waals surface area contributed by atoms with Gasteiger partial charge in [0.25, 0.3) is 11.6 Å². The van der Waals surface area contributed by atoms with Crippen molar-refractivity contribution in [1.82, 2.24) is 14.3 Å². The number of benzene rings is 2. The molecule has 1 fully saturated rings. The van der Waals surface area contributed by atoms with Crippen molar-refractivity contribution in [2.45, 2.75) is 19.8 Å². The zero-order valence-electron chi connectivity index (χ0n) is 17.5. The molecule has 2 aromatic carbocycles. The summed E-state index contributed by atoms with van der Waals surface area (Å²) in [5.74, 6) is 0.577. The second kappa shape index (κ2) is 9.62. The maximum atomic E-state index is 13.0. The van der Waals surface area contributed by atoms with Gasteiger partial charge in [0, 0.05) is 56.3 Å². The van der Waals surface area contributed by atoms with Crippen molar-refractivity contribution >= 4 is 39.9 Å². The summed E-state index contributed by atoms with van der Waals surface area (Å²) in [5, 5.41) is 11.9. The summed E-state index contributed by atoms with van der Waals surface area (Å²) in [6, 6.07) is 12.3. The van der Waals surface area contributed by atoms with Crippen LogP contribution in [0, 0.1) is 17.0 Å². The van der Waals surface area contributed by atoms with Crippen LogP contribution in [0.5, 0.6) is 0 Å². The van der Waals surface area contributed by atoms with Gasteiger partial charge in [-0.15, -0.1) is 0 Å². The van der Waals surface area contributed by atoms with Crippen molar-refractivity contribution in [3.63, 3.8) is 0 Å². The Kier molecular flexibility index (Phi) is 6.66. The molecular formula is C22H22ClN5O3S. The SMILES string of the molecule is Cc1ccc(Cc2nsc(N3CCCN(C(=O)c4ccc([N+](=O)[O-])cc4Cl)CC3)n2)cc1. The van der Waals surface area contributed by atoms with Gasteiger partial charge in [0.2, 0.25) is 5.13 Å². The van der Waals surface area contributed by atoms with Crippen molar-refractivity contribution in [3.05, 3.63) is 80.1 Å². The topological polar surface area (TPSA) is 92.5 Å². The molecule has 3 aromatic rings. The number of aromatic nitrogens is 2. The van der Waals surface area contributed by atoms with E-state index in [-0.39, 0.29) is 22.2 Å². The molecule has 1 saturated heterocycles. The van der Waals surface area contributed by atoms with Gasteiger partial charge < -0.3 is 9.80 Å². The van der Waals surface area contributed by atoms with Crippen molar-refractivity contribution < 1.29 is 9.72 Å². The summed E-state index contributed by atoms with van der Waals surface area (Å²) in [7, 11) is 0. The minimum absolute atomic E-state index is 0.0928. The monoisotopic (exact) mass is 471 g/mol. The Bertz CT molecular complexity index is 1130. The minimum Gasteiger partial charge on any atom is -0.345 e. The largest absolute Gasteiger partial charge is 0.345 e. The number of amides is 1. The van der Waals surface area contributed by atoms with Gasteiger partial charge in [-0.1, -0.05) is 41.4 Å². The minimum atomic E-state index is -0.529. The van der Waals surface area contributed by atoms with E-state index >= 15 is 0 Å². The van der Waals surface area contributed by atoms with E-state index in [1.54, 1.807) is 4.90 Å². The van der Waals surface area contributed by atoms with Gasteiger partial charge in [-0.05, 0) is 25.0 Å². The summed E-state index contributed by atoms with van der Waals surface area (Å²) in [4.78, 5) is 31.9. The predicted octanol–water partition coefficient (Wildman–Crippen LogP) is 4.35. The number of non-ortho nitro benzene ring substituents is 1. The Balaban J connectivity index is 1.40. The highest BCUT2D eigenvalue weighted by atomic mass is 35.5. The van der Waals surface area contributed by atoms with Crippen LogP contribution in [0.15, 0.2) is 42.5 Å². The number of anilines is 1. The molecular weight excluding hydrogens is 450 g/mol. The van der Waals surface area contributed by atoms with Gasteiger partial charge >= 0.3 is 0 Å². The molecule has 0 atom stereocenters. The second-order valence-corrected chi connectivity index (χ2v) is 8.85. The number of carbonyl (C=O) groups is 1. The lowest BCUT2D eigenvalue weighted by atomic mass is 10.1. The van der Waals surface area contributed by atoms with E-state index in [0.717, 1.165) is 23.9 Å². The molecule has 0 N–H and O–H groups in total. The van der Waals surface area contributed by atoms with Crippen LogP contribution in [-0.4, -0.2) is 51.3 Å². The standard InChI is InChI=1S/C22H22ClN5O3S/c1-15-3-5-16(6-4-15)13-20-24-22(32-25-20)27-10-2-9-26(11-12-27)21(29)18-8-7-17(28(30)31)14-19(18)23/h3-8,14H,2,9-13H2,1H3. The number of rotatable bonds is 5. The first-order valence-electron chi connectivity index (χ1n) is 10.3. The van der Waals surface area contributed by atoms with E-state index in [1.165, 1.54) is 40.9 Å². The highest BCUT2D eigenvalue weighted by Crippen LogP contribution is 2.25. The van der Waals surface area contributed by atoms with Crippen LogP contribution in [-0.2, 0) is 6.42 Å². The third-order valence-corrected chi connectivity index (χ3v) is 6.52. The van der Waals surface area contributed by atoms with Gasteiger partial charge in [0.15, 0.2) is 0 Å². The lowest BCUT2D eigenvalue weighted by Crippen LogP contribution is -2.35. The average molecular weight is 472 g/mol. The predicted molar refractivity (Wildman–Crippen MR) is 125 cm³/mol. The van der Waals surface area contributed by atoms with Crippen molar-refractivity contribution in [2.75, 3.05) is 31.1 Å². The summed E-state index contributed by atoms with van der Waals surface area (Å²) in [5.41, 5.74) is 2.54. The number of hydrogen-bond acceptors (Lipinski definition) is 7. The highest BCUT2D eigenvalue weighted by Gasteiger charge is 2.24. The van der Waals surface area contributed by atoms with Crippen LogP contribution in [0.1, 0.15) is 33.7 Å². The van der Waals surface area contributed by atoms with Gasteiger partial charge in [0.05, 0.1) is 15.5 Å². The van der Waals surface area contributed by atoms with E-state index in [9.17, 15) is 14.9 Å². The maximum Gasteiger partial charge on any atom is 0.270 e. The smallest absolute Gasteiger partial charge is 0.270 e. The number of carbonyl (C=O) groups excluding carboxylic acids is 1. The number of nitro groups is 1. The average Bonchev–Trinajstić information content (AvgIpc) is 3.09. The highest BCUT2D eigenvalue weighted by molar-refractivity contribution is 7.09. The van der Waals surface area contributed by atoms with Gasteiger partial charge in [0.1, 0.15) is 5.82 Å². The van der Waals surface area contributed by atoms with Crippen molar-refractivity contribution in [3.8, 4) is 0 Å². The van der Waals surface area contributed by atoms with Crippen LogP contribution in [0.4, 0.5) is 10.8 Å². The molecule has 0 radical (unpaired) electrons. The molecule has 0 unspecified atom stereocenters. The van der Waals surface area contributed by atoms with Crippen LogP contribution < -0.4 is 4.90 Å². The van der Waals surface area contributed by atoms with Crippen LogP contribution in [0.3, 0.4) is 0 Å². The van der Waals surface area contributed by atoms with E-state index in [0.29, 0.717) is 26.1 Å². The fourth-order valence-corrected chi connectivity index (χ4v) is 4.60. The molecule has 1 aliphatic rings. The zero-order chi connectivity index (χ0) is 22.7. The van der Waals surface area contributed by atoms with Gasteiger partial charge in [-0.2, -0.15) is 4.37 Å². The van der Waals surface area contributed by atoms with Crippen LogP contribution in [0.2, 0.25) is 5.02 Å². The number of nitro benzene ring substituents is 1. The second-order valence-electron chi connectivity index (χ2n) is 7.71. The Morgan fingerprint density at radius 2 is 1.94 bits per heavy atom. The fourth-order valence-electron chi connectivity index (χ4n) is 3.61. The molecule has 1 amide bonds. The molecule has 0 spiro atoms. The molecule has 1 aliphatic heterocycles. The van der Waals surface area contributed by atoms with Crippen LogP contribution in [0.25, 0.3) is 0 Å². The maximum absolute atomic E-state index is 13.0.